The highest BCUT2D eigenvalue weighted by Gasteiger charge is 2.22. The zero-order valence-corrected chi connectivity index (χ0v) is 13.4. The lowest BCUT2D eigenvalue weighted by molar-refractivity contribution is 0.290. The first-order valence-corrected chi connectivity index (χ1v) is 8.38. The number of anilines is 2. The van der Waals surface area contributed by atoms with Crippen molar-refractivity contribution in [2.75, 3.05) is 17.7 Å². The fourth-order valence-corrected chi connectivity index (χ4v) is 2.43. The Morgan fingerprint density at radius 1 is 1.29 bits per heavy atom. The summed E-state index contributed by atoms with van der Waals surface area (Å²) in [5.41, 5.74) is 6.58. The van der Waals surface area contributed by atoms with Gasteiger partial charge in [0.1, 0.15) is 5.82 Å². The van der Waals surface area contributed by atoms with Gasteiger partial charge in [-0.1, -0.05) is 33.1 Å². The van der Waals surface area contributed by atoms with Crippen molar-refractivity contribution in [2.45, 2.75) is 64.8 Å². The second-order valence-electron chi connectivity index (χ2n) is 6.12. The fourth-order valence-electron chi connectivity index (χ4n) is 2.43. The third-order valence-corrected chi connectivity index (χ3v) is 3.94. The maximum atomic E-state index is 5.95. The Morgan fingerprint density at radius 3 is 2.76 bits per heavy atom. The first kappa shape index (κ1) is 15.9. The number of pyridine rings is 1. The third-order valence-electron chi connectivity index (χ3n) is 3.94. The lowest BCUT2D eigenvalue weighted by atomic mass is 10.1. The van der Waals surface area contributed by atoms with Crippen LogP contribution in [0.1, 0.15) is 58.8 Å². The lowest BCUT2D eigenvalue weighted by Crippen LogP contribution is -2.20. The van der Waals surface area contributed by atoms with Gasteiger partial charge >= 0.3 is 0 Å². The number of hydrogen-bond acceptors (Lipinski definition) is 4. The molecule has 0 amide bonds. The van der Waals surface area contributed by atoms with Gasteiger partial charge in [0.2, 0.25) is 5.88 Å². The van der Waals surface area contributed by atoms with E-state index in [4.69, 9.17) is 10.5 Å². The summed E-state index contributed by atoms with van der Waals surface area (Å²) in [7, 11) is 0. The van der Waals surface area contributed by atoms with Crippen LogP contribution >= 0.6 is 0 Å². The van der Waals surface area contributed by atoms with Gasteiger partial charge in [-0.25, -0.2) is 0 Å². The SMILES string of the molecule is CCCCC(CCC)Nc1ccc(N)c(OCC2CC2)n1. The average Bonchev–Trinajstić information content (AvgIpc) is 3.29. The Balaban J connectivity index is 1.94. The van der Waals surface area contributed by atoms with Gasteiger partial charge in [-0.05, 0) is 43.7 Å². The Bertz CT molecular complexity index is 432. The molecule has 1 heterocycles. The maximum Gasteiger partial charge on any atom is 0.239 e. The van der Waals surface area contributed by atoms with Crippen molar-refractivity contribution < 1.29 is 4.74 Å². The van der Waals surface area contributed by atoms with Gasteiger partial charge in [-0.2, -0.15) is 4.98 Å². The van der Waals surface area contributed by atoms with E-state index < -0.39 is 0 Å². The molecule has 3 N–H and O–H groups in total. The van der Waals surface area contributed by atoms with Crippen LogP contribution in [0.25, 0.3) is 0 Å². The van der Waals surface area contributed by atoms with Crippen LogP contribution in [0.3, 0.4) is 0 Å². The van der Waals surface area contributed by atoms with E-state index in [0.717, 1.165) is 12.4 Å². The largest absolute Gasteiger partial charge is 0.476 e. The molecule has 1 atom stereocenters. The first-order chi connectivity index (χ1) is 10.2. The third kappa shape index (κ3) is 5.44. The summed E-state index contributed by atoms with van der Waals surface area (Å²) in [4.78, 5) is 4.54. The van der Waals surface area contributed by atoms with Crippen molar-refractivity contribution in [1.82, 2.24) is 4.98 Å². The zero-order valence-electron chi connectivity index (χ0n) is 13.4. The number of aromatic nitrogens is 1. The highest BCUT2D eigenvalue weighted by Crippen LogP contribution is 2.30. The molecule has 0 aliphatic heterocycles. The smallest absolute Gasteiger partial charge is 0.239 e. The molecule has 1 aliphatic carbocycles. The van der Waals surface area contributed by atoms with Gasteiger partial charge in [0.25, 0.3) is 0 Å². The Labute approximate surface area is 128 Å². The lowest BCUT2D eigenvalue weighted by Gasteiger charge is -2.19. The van der Waals surface area contributed by atoms with Crippen LogP contribution in [-0.2, 0) is 0 Å². The molecule has 0 bridgehead atoms. The number of unbranched alkanes of at least 4 members (excludes halogenated alkanes) is 1. The molecule has 0 aromatic carbocycles. The predicted octanol–water partition coefficient (Wildman–Crippen LogP) is 4.22. The molecule has 2 rings (SSSR count). The second-order valence-corrected chi connectivity index (χ2v) is 6.12. The number of rotatable bonds is 10. The number of nitrogens with zero attached hydrogens (tertiary/aromatic N) is 1. The summed E-state index contributed by atoms with van der Waals surface area (Å²) < 4.78 is 5.75. The average molecular weight is 291 g/mol. The highest BCUT2D eigenvalue weighted by atomic mass is 16.5. The summed E-state index contributed by atoms with van der Waals surface area (Å²) in [5, 5.41) is 3.54. The molecule has 1 aliphatic rings. The van der Waals surface area contributed by atoms with Crippen molar-refractivity contribution in [2.24, 2.45) is 5.92 Å². The molecular formula is C17H29N3O. The van der Waals surface area contributed by atoms with E-state index in [0.29, 0.717) is 23.5 Å². The molecule has 0 spiro atoms. The second kappa shape index (κ2) is 8.11. The summed E-state index contributed by atoms with van der Waals surface area (Å²) in [6.45, 7) is 5.20. The normalized spacial score (nSPS) is 15.7. The van der Waals surface area contributed by atoms with Crippen LogP contribution in [0.5, 0.6) is 5.88 Å². The molecule has 1 fully saturated rings. The van der Waals surface area contributed by atoms with E-state index in [-0.39, 0.29) is 0 Å². The highest BCUT2D eigenvalue weighted by molar-refractivity contribution is 5.53. The van der Waals surface area contributed by atoms with E-state index in [1.54, 1.807) is 0 Å². The molecule has 1 saturated carbocycles. The molecular weight excluding hydrogens is 262 g/mol. The van der Waals surface area contributed by atoms with Crippen molar-refractivity contribution in [3.8, 4) is 5.88 Å². The topological polar surface area (TPSA) is 60.2 Å². The van der Waals surface area contributed by atoms with E-state index in [1.807, 2.05) is 12.1 Å². The molecule has 118 valence electrons. The number of hydrogen-bond donors (Lipinski definition) is 2. The zero-order chi connectivity index (χ0) is 15.1. The Hall–Kier alpha value is -1.45. The van der Waals surface area contributed by atoms with Gasteiger partial charge in [0.05, 0.1) is 12.3 Å². The van der Waals surface area contributed by atoms with Gasteiger partial charge < -0.3 is 15.8 Å². The minimum absolute atomic E-state index is 0.488. The van der Waals surface area contributed by atoms with Crippen molar-refractivity contribution in [1.29, 1.82) is 0 Å². The van der Waals surface area contributed by atoms with E-state index in [1.165, 1.54) is 44.9 Å². The Kier molecular flexibility index (Phi) is 6.15. The molecule has 4 nitrogen and oxygen atoms in total. The van der Waals surface area contributed by atoms with Crippen LogP contribution in [0.15, 0.2) is 12.1 Å². The summed E-state index contributed by atoms with van der Waals surface area (Å²) in [5.74, 6) is 2.17. The minimum atomic E-state index is 0.488. The molecule has 21 heavy (non-hydrogen) atoms. The molecule has 1 unspecified atom stereocenters. The Morgan fingerprint density at radius 2 is 2.10 bits per heavy atom. The van der Waals surface area contributed by atoms with Crippen LogP contribution in [0.4, 0.5) is 11.5 Å². The van der Waals surface area contributed by atoms with Crippen LogP contribution in [-0.4, -0.2) is 17.6 Å². The minimum Gasteiger partial charge on any atom is -0.476 e. The van der Waals surface area contributed by atoms with Crippen LogP contribution in [0, 0.1) is 5.92 Å². The predicted molar refractivity (Wildman–Crippen MR) is 88.7 cm³/mol. The summed E-state index contributed by atoms with van der Waals surface area (Å²) in [6.07, 6.45) is 8.56. The van der Waals surface area contributed by atoms with Gasteiger partial charge in [-0.3, -0.25) is 0 Å². The van der Waals surface area contributed by atoms with E-state index in [2.05, 4.69) is 24.1 Å². The van der Waals surface area contributed by atoms with Crippen molar-refractivity contribution >= 4 is 11.5 Å². The van der Waals surface area contributed by atoms with Crippen molar-refractivity contribution in [3.05, 3.63) is 12.1 Å². The summed E-state index contributed by atoms with van der Waals surface area (Å²) >= 11 is 0. The molecule has 0 radical (unpaired) electrons. The van der Waals surface area contributed by atoms with Gasteiger partial charge in [0, 0.05) is 6.04 Å². The van der Waals surface area contributed by atoms with E-state index >= 15 is 0 Å². The molecule has 0 saturated heterocycles. The molecule has 1 aromatic rings. The number of ether oxygens (including phenoxy) is 1. The van der Waals surface area contributed by atoms with Crippen LogP contribution < -0.4 is 15.8 Å². The van der Waals surface area contributed by atoms with Gasteiger partial charge in [-0.15, -0.1) is 0 Å². The first-order valence-electron chi connectivity index (χ1n) is 8.38. The maximum absolute atomic E-state index is 5.95. The van der Waals surface area contributed by atoms with Crippen LogP contribution in [0.2, 0.25) is 0 Å². The monoisotopic (exact) mass is 291 g/mol. The fraction of sp³-hybridized carbons (Fsp3) is 0.706. The standard InChI is InChI=1S/C17H29N3O/c1-3-5-7-14(6-4-2)19-16-11-10-15(18)17(20-16)21-12-13-8-9-13/h10-11,13-14H,3-9,12,18H2,1-2H3,(H,19,20). The summed E-state index contributed by atoms with van der Waals surface area (Å²) in [6, 6.07) is 4.33. The molecule has 1 aromatic heterocycles. The number of nitrogens with one attached hydrogen (secondary N) is 1. The quantitative estimate of drug-likeness (QED) is 0.677. The van der Waals surface area contributed by atoms with Gasteiger partial charge in [0.15, 0.2) is 0 Å². The number of nitrogens with two attached hydrogens (primary N) is 1. The van der Waals surface area contributed by atoms with Crippen molar-refractivity contribution in [3.63, 3.8) is 0 Å². The molecule has 4 heteroatoms. The number of nitrogen functional groups attached to an aromatic ring is 1. The van der Waals surface area contributed by atoms with E-state index in [9.17, 15) is 0 Å².